The predicted molar refractivity (Wildman–Crippen MR) is 129 cm³/mol. The molecule has 0 radical (unpaired) electrons. The number of esters is 1. The van der Waals surface area contributed by atoms with Crippen LogP contribution in [0.1, 0.15) is 56.0 Å². The fourth-order valence-electron chi connectivity index (χ4n) is 4.67. The summed E-state index contributed by atoms with van der Waals surface area (Å²) in [6, 6.07) is 16.7. The molecular formula is C28H29NO4. The Morgan fingerprint density at radius 2 is 1.76 bits per heavy atom. The van der Waals surface area contributed by atoms with Crippen LogP contribution < -0.4 is 4.90 Å². The van der Waals surface area contributed by atoms with Crippen molar-refractivity contribution < 1.29 is 19.1 Å². The number of hydrogen-bond acceptors (Lipinski definition) is 4. The zero-order chi connectivity index (χ0) is 23.6. The molecule has 0 saturated carbocycles. The van der Waals surface area contributed by atoms with E-state index in [1.165, 1.54) is 0 Å². The van der Waals surface area contributed by atoms with Crippen molar-refractivity contribution in [3.63, 3.8) is 0 Å². The van der Waals surface area contributed by atoms with Gasteiger partial charge in [0.25, 0.3) is 0 Å². The van der Waals surface area contributed by atoms with Gasteiger partial charge in [0.05, 0.1) is 12.2 Å². The molecule has 2 aromatic carbocycles. The maximum absolute atomic E-state index is 13.4. The second-order valence-electron chi connectivity index (χ2n) is 9.38. The first-order valence-corrected chi connectivity index (χ1v) is 11.4. The van der Waals surface area contributed by atoms with Crippen LogP contribution in [0.25, 0.3) is 6.08 Å². The van der Waals surface area contributed by atoms with Gasteiger partial charge in [-0.1, -0.05) is 56.3 Å². The van der Waals surface area contributed by atoms with Gasteiger partial charge in [-0.2, -0.15) is 0 Å². The number of ether oxygens (including phenoxy) is 1. The number of allylic oxidation sites excluding steroid dienone is 3. The third kappa shape index (κ3) is 4.82. The summed E-state index contributed by atoms with van der Waals surface area (Å²) in [6.07, 6.45) is 5.30. The molecule has 0 aromatic heterocycles. The van der Waals surface area contributed by atoms with Crippen LogP contribution in [0, 0.1) is 11.3 Å². The van der Waals surface area contributed by atoms with Gasteiger partial charge in [0.1, 0.15) is 0 Å². The molecule has 2 aliphatic rings. The first-order valence-electron chi connectivity index (χ1n) is 11.4. The minimum atomic E-state index is -0.394. The molecule has 2 aromatic rings. The SMILES string of the molecule is CCOC(=O)c1ccc(N2C(=O)CC(/C=C/c3ccccc3)C3=C2CC(C)(C)CC3=O)cc1. The standard InChI is InChI=1S/C28H29NO4/c1-4-33-27(32)20-12-14-22(15-13-20)29-23-17-28(2,3)18-24(30)26(23)21(16-25(29)31)11-10-19-8-6-5-7-9-19/h5-15,21H,4,16-18H2,1-3H3/b11-10+. The lowest BCUT2D eigenvalue weighted by molar-refractivity contribution is -0.121. The summed E-state index contributed by atoms with van der Waals surface area (Å²) >= 11 is 0. The van der Waals surface area contributed by atoms with Gasteiger partial charge in [0, 0.05) is 35.7 Å². The van der Waals surface area contributed by atoms with Gasteiger partial charge in [-0.05, 0) is 48.6 Å². The minimum Gasteiger partial charge on any atom is -0.462 e. The highest BCUT2D eigenvalue weighted by molar-refractivity contribution is 6.07. The number of benzene rings is 2. The van der Waals surface area contributed by atoms with Gasteiger partial charge in [0.2, 0.25) is 5.91 Å². The number of amides is 1. The number of nitrogens with zero attached hydrogens (tertiary/aromatic N) is 1. The quantitative estimate of drug-likeness (QED) is 0.567. The molecule has 5 nitrogen and oxygen atoms in total. The van der Waals surface area contributed by atoms with Crippen molar-refractivity contribution in [1.29, 1.82) is 0 Å². The molecular weight excluding hydrogens is 414 g/mol. The van der Waals surface area contributed by atoms with E-state index in [1.807, 2.05) is 42.5 Å². The maximum atomic E-state index is 13.4. The van der Waals surface area contributed by atoms with Crippen LogP contribution in [-0.4, -0.2) is 24.3 Å². The number of ketones is 1. The van der Waals surface area contributed by atoms with Crippen LogP contribution in [0.4, 0.5) is 5.69 Å². The summed E-state index contributed by atoms with van der Waals surface area (Å²) in [5.74, 6) is -0.587. The number of carbonyl (C=O) groups is 3. The Labute approximate surface area is 194 Å². The van der Waals surface area contributed by atoms with Crippen LogP contribution in [0.3, 0.4) is 0 Å². The van der Waals surface area contributed by atoms with E-state index < -0.39 is 5.97 Å². The summed E-state index contributed by atoms with van der Waals surface area (Å²) in [5.41, 5.74) is 3.41. The molecule has 170 valence electrons. The lowest BCUT2D eigenvalue weighted by Gasteiger charge is -2.42. The van der Waals surface area contributed by atoms with Crippen molar-refractivity contribution in [1.82, 2.24) is 0 Å². The Morgan fingerprint density at radius 3 is 2.42 bits per heavy atom. The van der Waals surface area contributed by atoms with Gasteiger partial charge >= 0.3 is 5.97 Å². The van der Waals surface area contributed by atoms with E-state index in [1.54, 1.807) is 36.1 Å². The largest absolute Gasteiger partial charge is 0.462 e. The predicted octanol–water partition coefficient (Wildman–Crippen LogP) is 5.57. The van der Waals surface area contributed by atoms with Crippen molar-refractivity contribution in [2.45, 2.75) is 40.0 Å². The van der Waals surface area contributed by atoms with Crippen LogP contribution in [0.2, 0.25) is 0 Å². The Morgan fingerprint density at radius 1 is 1.06 bits per heavy atom. The normalized spacial score (nSPS) is 20.2. The summed E-state index contributed by atoms with van der Waals surface area (Å²) in [5, 5.41) is 0. The smallest absolute Gasteiger partial charge is 0.338 e. The topological polar surface area (TPSA) is 63.7 Å². The third-order valence-corrected chi connectivity index (χ3v) is 6.14. The zero-order valence-corrected chi connectivity index (χ0v) is 19.3. The Hall–Kier alpha value is -3.47. The van der Waals surface area contributed by atoms with E-state index in [0.29, 0.717) is 30.7 Å². The van der Waals surface area contributed by atoms with Gasteiger partial charge < -0.3 is 4.74 Å². The molecule has 1 aliphatic heterocycles. The second-order valence-corrected chi connectivity index (χ2v) is 9.38. The lowest BCUT2D eigenvalue weighted by Crippen LogP contribution is -2.44. The molecule has 0 saturated heterocycles. The van der Waals surface area contributed by atoms with Gasteiger partial charge in [-0.3, -0.25) is 14.5 Å². The number of rotatable bonds is 5. The highest BCUT2D eigenvalue weighted by Gasteiger charge is 2.43. The minimum absolute atomic E-state index is 0.0501. The number of Topliss-reactive ketones (excluding diaryl/α,β-unsaturated/α-hetero) is 1. The fourth-order valence-corrected chi connectivity index (χ4v) is 4.67. The van der Waals surface area contributed by atoms with E-state index in [2.05, 4.69) is 13.8 Å². The molecule has 4 rings (SSSR count). The molecule has 0 N–H and O–H groups in total. The molecule has 1 atom stereocenters. The van der Waals surface area contributed by atoms with Crippen LogP contribution in [-0.2, 0) is 14.3 Å². The summed E-state index contributed by atoms with van der Waals surface area (Å²) in [7, 11) is 0. The van der Waals surface area contributed by atoms with Gasteiger partial charge in [-0.15, -0.1) is 0 Å². The summed E-state index contributed by atoms with van der Waals surface area (Å²) < 4.78 is 5.06. The molecule has 1 amide bonds. The number of anilines is 1. The van der Waals surface area contributed by atoms with Crippen LogP contribution in [0.15, 0.2) is 71.9 Å². The van der Waals surface area contributed by atoms with Crippen molar-refractivity contribution >= 4 is 29.4 Å². The maximum Gasteiger partial charge on any atom is 0.338 e. The molecule has 1 unspecified atom stereocenters. The van der Waals surface area contributed by atoms with Gasteiger partial charge in [0.15, 0.2) is 5.78 Å². The van der Waals surface area contributed by atoms with E-state index >= 15 is 0 Å². The monoisotopic (exact) mass is 443 g/mol. The first-order chi connectivity index (χ1) is 15.8. The highest BCUT2D eigenvalue weighted by Crippen LogP contribution is 2.45. The Kier molecular flexibility index (Phi) is 6.32. The van der Waals surface area contributed by atoms with E-state index in [-0.39, 0.29) is 29.4 Å². The molecule has 0 spiro atoms. The molecule has 33 heavy (non-hydrogen) atoms. The molecule has 5 heteroatoms. The van der Waals surface area contributed by atoms with E-state index in [9.17, 15) is 14.4 Å². The molecule has 0 fully saturated rings. The Bertz CT molecular complexity index is 1130. The molecule has 1 heterocycles. The van der Waals surface area contributed by atoms with Crippen LogP contribution >= 0.6 is 0 Å². The highest BCUT2D eigenvalue weighted by atomic mass is 16.5. The zero-order valence-electron chi connectivity index (χ0n) is 19.3. The van der Waals surface area contributed by atoms with Crippen molar-refractivity contribution in [3.8, 4) is 0 Å². The third-order valence-electron chi connectivity index (χ3n) is 6.14. The van der Waals surface area contributed by atoms with Crippen molar-refractivity contribution in [2.75, 3.05) is 11.5 Å². The lowest BCUT2D eigenvalue weighted by atomic mass is 9.70. The van der Waals surface area contributed by atoms with Crippen LogP contribution in [0.5, 0.6) is 0 Å². The average Bonchev–Trinajstić information content (AvgIpc) is 2.77. The van der Waals surface area contributed by atoms with E-state index in [0.717, 1.165) is 16.8 Å². The second kappa shape index (κ2) is 9.18. The summed E-state index contributed by atoms with van der Waals surface area (Å²) in [4.78, 5) is 40.3. The first kappa shape index (κ1) is 22.7. The van der Waals surface area contributed by atoms with E-state index in [4.69, 9.17) is 4.74 Å². The van der Waals surface area contributed by atoms with Crippen molar-refractivity contribution in [3.05, 3.63) is 83.1 Å². The number of hydrogen-bond donors (Lipinski definition) is 0. The Balaban J connectivity index is 1.73. The molecule has 1 aliphatic carbocycles. The average molecular weight is 444 g/mol. The summed E-state index contributed by atoms with van der Waals surface area (Å²) in [6.45, 7) is 6.18. The molecule has 0 bridgehead atoms. The fraction of sp³-hybridized carbons (Fsp3) is 0.321. The van der Waals surface area contributed by atoms with Crippen molar-refractivity contribution in [2.24, 2.45) is 11.3 Å². The number of carbonyl (C=O) groups excluding carboxylic acids is 3. The van der Waals surface area contributed by atoms with Gasteiger partial charge in [-0.25, -0.2) is 4.79 Å².